The van der Waals surface area contributed by atoms with Gasteiger partial charge in [-0.25, -0.2) is 17.6 Å². The Balaban J connectivity index is 1.79. The number of benzene rings is 4. The van der Waals surface area contributed by atoms with E-state index in [2.05, 4.69) is 0 Å². The average molecular weight is 415 g/mol. The molecule has 0 saturated heterocycles. The zero-order valence-corrected chi connectivity index (χ0v) is 16.1. The molecule has 146 valence electrons. The van der Waals surface area contributed by atoms with Crippen molar-refractivity contribution in [2.24, 2.45) is 0 Å². The topological polar surface area (TPSA) is 0 Å². The third-order valence-corrected chi connectivity index (χ3v) is 5.36. The molecule has 0 spiro atoms. The SMILES string of the molecule is CCc1ccc2c(F)c(-c3ccc(-c4cc(F)c(Cl)c(F)c4)c(F)c3)ccc2c1. The highest BCUT2D eigenvalue weighted by Crippen LogP contribution is 2.34. The molecular formula is C24H15ClF4. The second kappa shape index (κ2) is 7.53. The minimum Gasteiger partial charge on any atom is -0.206 e. The Bertz CT molecular complexity index is 1220. The lowest BCUT2D eigenvalue weighted by Gasteiger charge is -2.11. The first-order valence-corrected chi connectivity index (χ1v) is 9.42. The van der Waals surface area contributed by atoms with E-state index < -0.39 is 28.3 Å². The summed E-state index contributed by atoms with van der Waals surface area (Å²) in [6.07, 6.45) is 0.845. The number of aryl methyl sites for hydroxylation is 1. The molecule has 0 N–H and O–H groups in total. The summed E-state index contributed by atoms with van der Waals surface area (Å²) in [5.74, 6) is -3.11. The van der Waals surface area contributed by atoms with Crippen LogP contribution in [0.4, 0.5) is 17.6 Å². The van der Waals surface area contributed by atoms with Crippen LogP contribution >= 0.6 is 11.6 Å². The molecular weight excluding hydrogens is 400 g/mol. The molecule has 0 radical (unpaired) electrons. The summed E-state index contributed by atoms with van der Waals surface area (Å²) in [5, 5.41) is 0.580. The monoisotopic (exact) mass is 414 g/mol. The highest BCUT2D eigenvalue weighted by molar-refractivity contribution is 6.31. The number of halogens is 5. The second-order valence-corrected chi connectivity index (χ2v) is 7.16. The first-order chi connectivity index (χ1) is 13.9. The van der Waals surface area contributed by atoms with Gasteiger partial charge in [0.1, 0.15) is 28.3 Å². The zero-order valence-electron chi connectivity index (χ0n) is 15.4. The van der Waals surface area contributed by atoms with Gasteiger partial charge in [-0.05, 0) is 46.7 Å². The second-order valence-electron chi connectivity index (χ2n) is 6.78. The van der Waals surface area contributed by atoms with Gasteiger partial charge in [-0.1, -0.05) is 61.0 Å². The Kier molecular flexibility index (Phi) is 5.05. The van der Waals surface area contributed by atoms with Crippen molar-refractivity contribution in [3.05, 3.63) is 94.5 Å². The first-order valence-electron chi connectivity index (χ1n) is 9.05. The number of fused-ring (bicyclic) bond motifs is 1. The van der Waals surface area contributed by atoms with Gasteiger partial charge in [-0.3, -0.25) is 0 Å². The normalized spacial score (nSPS) is 11.2. The molecule has 0 bridgehead atoms. The molecule has 0 amide bonds. The highest BCUT2D eigenvalue weighted by atomic mass is 35.5. The van der Waals surface area contributed by atoms with Crippen molar-refractivity contribution in [2.75, 3.05) is 0 Å². The molecule has 4 rings (SSSR count). The van der Waals surface area contributed by atoms with Crippen LogP contribution in [0.15, 0.2) is 60.7 Å². The zero-order chi connectivity index (χ0) is 20.7. The van der Waals surface area contributed by atoms with E-state index in [1.165, 1.54) is 12.1 Å². The summed E-state index contributed by atoms with van der Waals surface area (Å²) >= 11 is 5.48. The summed E-state index contributed by atoms with van der Waals surface area (Å²) in [6, 6.07) is 14.9. The largest absolute Gasteiger partial charge is 0.206 e. The van der Waals surface area contributed by atoms with E-state index in [1.807, 2.05) is 19.1 Å². The summed E-state index contributed by atoms with van der Waals surface area (Å²) in [5.41, 5.74) is 1.69. The fourth-order valence-electron chi connectivity index (χ4n) is 3.41. The van der Waals surface area contributed by atoms with Gasteiger partial charge in [-0.15, -0.1) is 0 Å². The van der Waals surface area contributed by atoms with Crippen LogP contribution in [-0.2, 0) is 6.42 Å². The van der Waals surface area contributed by atoms with Crippen LogP contribution in [0.3, 0.4) is 0 Å². The third kappa shape index (κ3) is 3.49. The van der Waals surface area contributed by atoms with E-state index in [4.69, 9.17) is 11.6 Å². The van der Waals surface area contributed by atoms with Gasteiger partial charge in [-0.2, -0.15) is 0 Å². The Hall–Kier alpha value is -2.85. The fourth-order valence-corrected chi connectivity index (χ4v) is 3.52. The van der Waals surface area contributed by atoms with Crippen LogP contribution in [0.2, 0.25) is 5.02 Å². The molecule has 0 atom stereocenters. The van der Waals surface area contributed by atoms with Gasteiger partial charge in [0.05, 0.1) is 0 Å². The summed E-state index contributed by atoms with van der Waals surface area (Å²) < 4.78 is 57.2. The standard InChI is InChI=1S/C24H15ClF4/c1-2-13-3-6-18-14(9-13)5-8-19(24(18)29)15-4-7-17(20(26)10-15)16-11-21(27)23(25)22(28)12-16/h3-12H,2H2,1H3. The lowest BCUT2D eigenvalue weighted by molar-refractivity contribution is 0.584. The van der Waals surface area contributed by atoms with Crippen LogP contribution < -0.4 is 0 Å². The molecule has 0 saturated carbocycles. The van der Waals surface area contributed by atoms with E-state index in [1.54, 1.807) is 18.2 Å². The highest BCUT2D eigenvalue weighted by Gasteiger charge is 2.15. The Labute approximate surface area is 170 Å². The van der Waals surface area contributed by atoms with Crippen molar-refractivity contribution in [3.8, 4) is 22.3 Å². The molecule has 4 aromatic rings. The van der Waals surface area contributed by atoms with Crippen LogP contribution in [0.5, 0.6) is 0 Å². The van der Waals surface area contributed by atoms with Gasteiger partial charge in [0.15, 0.2) is 0 Å². The van der Waals surface area contributed by atoms with Crippen LogP contribution in [0.1, 0.15) is 12.5 Å². The van der Waals surface area contributed by atoms with E-state index in [-0.39, 0.29) is 16.7 Å². The minimum atomic E-state index is -0.975. The quantitative estimate of drug-likeness (QED) is 0.236. The van der Waals surface area contributed by atoms with Gasteiger partial charge in [0.25, 0.3) is 0 Å². The van der Waals surface area contributed by atoms with E-state index in [9.17, 15) is 13.2 Å². The van der Waals surface area contributed by atoms with Crippen LogP contribution in [0, 0.1) is 23.3 Å². The maximum Gasteiger partial charge on any atom is 0.145 e. The van der Waals surface area contributed by atoms with Gasteiger partial charge in [0, 0.05) is 16.5 Å². The average Bonchev–Trinajstić information content (AvgIpc) is 2.71. The van der Waals surface area contributed by atoms with Gasteiger partial charge >= 0.3 is 0 Å². The predicted octanol–water partition coefficient (Wildman–Crippen LogP) is 7.95. The molecule has 0 aliphatic carbocycles. The van der Waals surface area contributed by atoms with Crippen molar-refractivity contribution >= 4 is 22.4 Å². The Morgan fingerprint density at radius 3 is 2.00 bits per heavy atom. The lowest BCUT2D eigenvalue weighted by Crippen LogP contribution is -1.93. The van der Waals surface area contributed by atoms with E-state index in [0.717, 1.165) is 35.6 Å². The third-order valence-electron chi connectivity index (χ3n) is 5.00. The van der Waals surface area contributed by atoms with Gasteiger partial charge < -0.3 is 0 Å². The van der Waals surface area contributed by atoms with Crippen LogP contribution in [0.25, 0.3) is 33.0 Å². The Morgan fingerprint density at radius 2 is 1.34 bits per heavy atom. The predicted molar refractivity (Wildman–Crippen MR) is 109 cm³/mol. The number of rotatable bonds is 3. The Morgan fingerprint density at radius 1 is 0.690 bits per heavy atom. The van der Waals surface area contributed by atoms with E-state index >= 15 is 4.39 Å². The summed E-state index contributed by atoms with van der Waals surface area (Å²) in [4.78, 5) is 0. The van der Waals surface area contributed by atoms with Crippen molar-refractivity contribution in [3.63, 3.8) is 0 Å². The maximum atomic E-state index is 15.1. The van der Waals surface area contributed by atoms with Crippen molar-refractivity contribution < 1.29 is 17.6 Å². The lowest BCUT2D eigenvalue weighted by atomic mass is 9.96. The molecule has 0 aromatic heterocycles. The van der Waals surface area contributed by atoms with Crippen LogP contribution in [-0.4, -0.2) is 0 Å². The van der Waals surface area contributed by atoms with Crippen molar-refractivity contribution in [1.82, 2.24) is 0 Å². The van der Waals surface area contributed by atoms with Crippen molar-refractivity contribution in [1.29, 1.82) is 0 Å². The molecule has 5 heteroatoms. The first kappa shape index (κ1) is 19.5. The summed E-state index contributed by atoms with van der Waals surface area (Å²) in [6.45, 7) is 2.02. The fraction of sp³-hybridized carbons (Fsp3) is 0.0833. The molecule has 0 fully saturated rings. The van der Waals surface area contributed by atoms with Crippen molar-refractivity contribution in [2.45, 2.75) is 13.3 Å². The molecule has 0 heterocycles. The molecule has 4 aromatic carbocycles. The molecule has 0 aliphatic heterocycles. The number of hydrogen-bond acceptors (Lipinski definition) is 0. The summed E-state index contributed by atoms with van der Waals surface area (Å²) in [7, 11) is 0. The maximum absolute atomic E-state index is 15.1. The van der Waals surface area contributed by atoms with Gasteiger partial charge in [0.2, 0.25) is 0 Å². The smallest absolute Gasteiger partial charge is 0.145 e. The molecule has 0 aliphatic rings. The molecule has 29 heavy (non-hydrogen) atoms. The number of hydrogen-bond donors (Lipinski definition) is 0. The van der Waals surface area contributed by atoms with E-state index in [0.29, 0.717) is 10.9 Å². The minimum absolute atomic E-state index is 0.00278. The molecule has 0 nitrogen and oxygen atoms in total. The molecule has 0 unspecified atom stereocenters.